The lowest BCUT2D eigenvalue weighted by atomic mass is 9.98. The zero-order valence-electron chi connectivity index (χ0n) is 17.6. The highest BCUT2D eigenvalue weighted by Crippen LogP contribution is 2.43. The largest absolute Gasteiger partial charge is 0.508 e. The van der Waals surface area contributed by atoms with Gasteiger partial charge in [0, 0.05) is 34.8 Å². The van der Waals surface area contributed by atoms with Crippen LogP contribution in [0.15, 0.2) is 84.2 Å². The number of amides is 1. The molecular formula is C26H20N4O2S. The van der Waals surface area contributed by atoms with Crippen LogP contribution in [0.25, 0.3) is 4.91 Å². The number of phenolic OH excluding ortho intramolecular Hbond substituents is 1. The first-order chi connectivity index (χ1) is 16.1. The molecule has 0 radical (unpaired) electrons. The second-order valence-corrected chi connectivity index (χ2v) is 9.10. The number of allylic oxidation sites excluding steroid dienone is 1. The summed E-state index contributed by atoms with van der Waals surface area (Å²) in [7, 11) is 0. The van der Waals surface area contributed by atoms with E-state index >= 15 is 0 Å². The van der Waals surface area contributed by atoms with E-state index in [9.17, 15) is 15.2 Å². The maximum atomic E-state index is 13.6. The molecule has 0 fully saturated rings. The Hall–Kier alpha value is -3.89. The quantitative estimate of drug-likeness (QED) is 0.609. The van der Waals surface area contributed by atoms with Crippen molar-refractivity contribution in [3.63, 3.8) is 0 Å². The third kappa shape index (κ3) is 4.13. The molecule has 3 aromatic rings. The van der Waals surface area contributed by atoms with Crippen LogP contribution in [0.3, 0.4) is 0 Å². The molecule has 5 rings (SSSR count). The number of rotatable bonds is 4. The van der Waals surface area contributed by atoms with Crippen LogP contribution in [-0.2, 0) is 4.79 Å². The molecule has 0 saturated carbocycles. The van der Waals surface area contributed by atoms with Crippen molar-refractivity contribution in [2.24, 2.45) is 5.10 Å². The molecule has 6 nitrogen and oxygen atoms in total. The number of phenols is 1. The number of benzene rings is 2. The summed E-state index contributed by atoms with van der Waals surface area (Å²) in [5, 5.41) is 25.6. The topological polar surface area (TPSA) is 89.6 Å². The number of nitrogens with zero attached hydrogens (tertiary/aromatic N) is 4. The van der Waals surface area contributed by atoms with Gasteiger partial charge in [-0.1, -0.05) is 42.5 Å². The Morgan fingerprint density at radius 2 is 1.97 bits per heavy atom. The van der Waals surface area contributed by atoms with E-state index in [4.69, 9.17) is 5.10 Å². The SMILES string of the molecule is N#Cc1cccc(C2=CCC(C(=O)N3N=C(c4cccnc4)CC3c3ccccc3O)S2)c1. The number of hydrogen-bond donors (Lipinski definition) is 1. The van der Waals surface area contributed by atoms with Gasteiger partial charge < -0.3 is 5.11 Å². The van der Waals surface area contributed by atoms with Gasteiger partial charge in [-0.05, 0) is 36.2 Å². The Balaban J connectivity index is 1.42. The molecule has 2 aliphatic heterocycles. The monoisotopic (exact) mass is 452 g/mol. The number of pyridine rings is 1. The second kappa shape index (κ2) is 8.93. The van der Waals surface area contributed by atoms with Gasteiger partial charge in [-0.15, -0.1) is 11.8 Å². The van der Waals surface area contributed by atoms with Crippen molar-refractivity contribution in [1.29, 1.82) is 5.26 Å². The highest BCUT2D eigenvalue weighted by atomic mass is 32.2. The van der Waals surface area contributed by atoms with Crippen LogP contribution in [0, 0.1) is 11.3 Å². The first kappa shape index (κ1) is 21.0. The molecule has 0 bridgehead atoms. The molecule has 1 amide bonds. The predicted molar refractivity (Wildman–Crippen MR) is 128 cm³/mol. The maximum Gasteiger partial charge on any atom is 0.257 e. The average molecular weight is 453 g/mol. The Labute approximate surface area is 195 Å². The molecule has 7 heteroatoms. The lowest BCUT2D eigenvalue weighted by molar-refractivity contribution is -0.132. The molecule has 0 spiro atoms. The first-order valence-electron chi connectivity index (χ1n) is 10.6. The van der Waals surface area contributed by atoms with Crippen molar-refractivity contribution in [3.8, 4) is 11.8 Å². The van der Waals surface area contributed by atoms with E-state index in [-0.39, 0.29) is 22.9 Å². The van der Waals surface area contributed by atoms with Crippen LogP contribution in [0.1, 0.15) is 41.1 Å². The van der Waals surface area contributed by atoms with Crippen LogP contribution < -0.4 is 0 Å². The number of hydrazone groups is 1. The molecule has 2 unspecified atom stereocenters. The summed E-state index contributed by atoms with van der Waals surface area (Å²) in [5.74, 6) is 0.0453. The third-order valence-electron chi connectivity index (χ3n) is 5.76. The third-order valence-corrected chi connectivity index (χ3v) is 7.10. The zero-order chi connectivity index (χ0) is 22.8. The first-order valence-corrected chi connectivity index (χ1v) is 11.5. The fourth-order valence-corrected chi connectivity index (χ4v) is 5.29. The van der Waals surface area contributed by atoms with Crippen molar-refractivity contribution >= 4 is 28.3 Å². The van der Waals surface area contributed by atoms with Crippen LogP contribution in [0.4, 0.5) is 0 Å². The Bertz CT molecular complexity index is 1310. The van der Waals surface area contributed by atoms with Gasteiger partial charge >= 0.3 is 0 Å². The van der Waals surface area contributed by atoms with Gasteiger partial charge in [0.1, 0.15) is 5.75 Å². The zero-order valence-corrected chi connectivity index (χ0v) is 18.4. The van der Waals surface area contributed by atoms with Gasteiger partial charge in [0.15, 0.2) is 0 Å². The smallest absolute Gasteiger partial charge is 0.257 e. The van der Waals surface area contributed by atoms with Gasteiger partial charge in [-0.2, -0.15) is 10.4 Å². The summed E-state index contributed by atoms with van der Waals surface area (Å²) in [4.78, 5) is 18.8. The van der Waals surface area contributed by atoms with Crippen molar-refractivity contribution in [2.45, 2.75) is 24.1 Å². The van der Waals surface area contributed by atoms with E-state index in [1.54, 1.807) is 30.6 Å². The Morgan fingerprint density at radius 1 is 1.12 bits per heavy atom. The van der Waals surface area contributed by atoms with Gasteiger partial charge in [0.25, 0.3) is 5.91 Å². The molecule has 2 aromatic carbocycles. The highest BCUT2D eigenvalue weighted by molar-refractivity contribution is 8.09. The molecule has 2 atom stereocenters. The van der Waals surface area contributed by atoms with Gasteiger partial charge in [-0.25, -0.2) is 5.01 Å². The fourth-order valence-electron chi connectivity index (χ4n) is 4.12. The molecular weight excluding hydrogens is 432 g/mol. The number of hydrogen-bond acceptors (Lipinski definition) is 6. The molecule has 2 aliphatic rings. The number of carbonyl (C=O) groups is 1. The molecule has 1 N–H and O–H groups in total. The maximum absolute atomic E-state index is 13.6. The normalized spacial score (nSPS) is 19.7. The van der Waals surface area contributed by atoms with Crippen molar-refractivity contribution < 1.29 is 9.90 Å². The highest BCUT2D eigenvalue weighted by Gasteiger charge is 2.39. The van der Waals surface area contributed by atoms with E-state index in [2.05, 4.69) is 11.1 Å². The van der Waals surface area contributed by atoms with Gasteiger partial charge in [0.2, 0.25) is 0 Å². The predicted octanol–water partition coefficient (Wildman–Crippen LogP) is 4.88. The molecule has 33 heavy (non-hydrogen) atoms. The van der Waals surface area contributed by atoms with Crippen LogP contribution in [-0.4, -0.2) is 32.0 Å². The standard InChI is InChI=1S/C26H20N4O2S/c27-15-17-5-3-6-18(13-17)24-10-11-25(33-24)26(32)30-22(20-8-1-2-9-23(20)31)14-21(29-30)19-7-4-12-28-16-19/h1-10,12-13,16,22,25,31H,11,14H2. The number of para-hydroxylation sites is 1. The summed E-state index contributed by atoms with van der Waals surface area (Å²) in [5.41, 5.74) is 3.83. The summed E-state index contributed by atoms with van der Waals surface area (Å²) in [6.45, 7) is 0. The lowest BCUT2D eigenvalue weighted by Crippen LogP contribution is -2.33. The average Bonchev–Trinajstić information content (AvgIpc) is 3.53. The molecule has 3 heterocycles. The number of thioether (sulfide) groups is 1. The summed E-state index contributed by atoms with van der Waals surface area (Å²) < 4.78 is 0. The summed E-state index contributed by atoms with van der Waals surface area (Å²) >= 11 is 1.49. The van der Waals surface area contributed by atoms with Crippen LogP contribution >= 0.6 is 11.8 Å². The molecule has 0 saturated heterocycles. The Morgan fingerprint density at radius 3 is 2.76 bits per heavy atom. The van der Waals surface area contributed by atoms with Crippen molar-refractivity contribution in [3.05, 3.63) is 101 Å². The van der Waals surface area contributed by atoms with E-state index in [0.717, 1.165) is 21.7 Å². The van der Waals surface area contributed by atoms with Gasteiger partial charge in [-0.3, -0.25) is 9.78 Å². The van der Waals surface area contributed by atoms with E-state index in [0.29, 0.717) is 24.0 Å². The number of aromatic nitrogens is 1. The molecule has 1 aromatic heterocycles. The van der Waals surface area contributed by atoms with Crippen molar-refractivity contribution in [1.82, 2.24) is 9.99 Å². The van der Waals surface area contributed by atoms with Gasteiger partial charge in [0.05, 0.1) is 28.6 Å². The number of aromatic hydroxyl groups is 1. The number of nitriles is 1. The van der Waals surface area contributed by atoms with Crippen LogP contribution in [0.2, 0.25) is 0 Å². The minimum atomic E-state index is -0.388. The fraction of sp³-hybridized carbons (Fsp3) is 0.154. The van der Waals surface area contributed by atoms with Crippen molar-refractivity contribution in [2.75, 3.05) is 0 Å². The Kier molecular flexibility index (Phi) is 5.68. The minimum absolute atomic E-state index is 0.102. The van der Waals surface area contributed by atoms with E-state index in [1.807, 2.05) is 48.5 Å². The van der Waals surface area contributed by atoms with Crippen LogP contribution in [0.5, 0.6) is 5.75 Å². The minimum Gasteiger partial charge on any atom is -0.508 e. The van der Waals surface area contributed by atoms with E-state index < -0.39 is 0 Å². The summed E-state index contributed by atoms with van der Waals surface area (Å²) in [6, 6.07) is 20.0. The lowest BCUT2D eigenvalue weighted by Gasteiger charge is -2.25. The number of carbonyl (C=O) groups excluding carboxylic acids is 1. The van der Waals surface area contributed by atoms with E-state index in [1.165, 1.54) is 16.8 Å². The molecule has 162 valence electrons. The second-order valence-electron chi connectivity index (χ2n) is 7.85. The molecule has 0 aliphatic carbocycles. The summed E-state index contributed by atoms with van der Waals surface area (Å²) in [6.07, 6.45) is 6.56.